The molecule has 104 valence electrons. The molecule has 3 heteroatoms. The first-order valence-corrected chi connectivity index (χ1v) is 7.23. The quantitative estimate of drug-likeness (QED) is 0.904. The van der Waals surface area contributed by atoms with Crippen LogP contribution in [0.5, 0.6) is 0 Å². The Bertz CT molecular complexity index is 579. The van der Waals surface area contributed by atoms with Crippen molar-refractivity contribution >= 4 is 5.69 Å². The Labute approximate surface area is 120 Å². The van der Waals surface area contributed by atoms with Crippen molar-refractivity contribution in [1.82, 2.24) is 4.98 Å². The Kier molecular flexibility index (Phi) is 3.45. The van der Waals surface area contributed by atoms with Gasteiger partial charge in [0, 0.05) is 29.2 Å². The van der Waals surface area contributed by atoms with E-state index < -0.39 is 0 Å². The average Bonchev–Trinajstić information content (AvgIpc) is 2.54. The molecule has 1 atom stereocenters. The van der Waals surface area contributed by atoms with Crippen LogP contribution >= 0.6 is 0 Å². The molecular formula is C17H20N2O. The van der Waals surface area contributed by atoms with Crippen molar-refractivity contribution in [2.24, 2.45) is 0 Å². The van der Waals surface area contributed by atoms with E-state index in [2.05, 4.69) is 54.5 Å². The predicted octanol–water partition coefficient (Wildman–Crippen LogP) is 4.24. The number of aromatic nitrogens is 1. The average molecular weight is 268 g/mol. The highest BCUT2D eigenvalue weighted by molar-refractivity contribution is 5.56. The first-order chi connectivity index (χ1) is 9.79. The van der Waals surface area contributed by atoms with E-state index in [9.17, 15) is 0 Å². The van der Waals surface area contributed by atoms with Crippen LogP contribution in [0.4, 0.5) is 5.69 Å². The van der Waals surface area contributed by atoms with Crippen molar-refractivity contribution in [2.45, 2.75) is 38.5 Å². The zero-order chi connectivity index (χ0) is 14.0. The molecule has 1 aliphatic rings. The number of pyridine rings is 1. The van der Waals surface area contributed by atoms with Crippen molar-refractivity contribution < 1.29 is 4.74 Å². The minimum atomic E-state index is -0.220. The van der Waals surface area contributed by atoms with E-state index in [1.165, 1.54) is 5.56 Å². The molecule has 20 heavy (non-hydrogen) atoms. The molecule has 0 amide bonds. The van der Waals surface area contributed by atoms with Crippen LogP contribution in [0.3, 0.4) is 0 Å². The van der Waals surface area contributed by atoms with Crippen LogP contribution in [0, 0.1) is 0 Å². The molecule has 0 spiro atoms. The topological polar surface area (TPSA) is 34.1 Å². The van der Waals surface area contributed by atoms with Crippen molar-refractivity contribution in [1.29, 1.82) is 0 Å². The van der Waals surface area contributed by atoms with Crippen molar-refractivity contribution in [3.8, 4) is 0 Å². The molecule has 0 radical (unpaired) electrons. The van der Waals surface area contributed by atoms with Crippen LogP contribution in [0.25, 0.3) is 0 Å². The van der Waals surface area contributed by atoms with E-state index >= 15 is 0 Å². The van der Waals surface area contributed by atoms with Gasteiger partial charge in [0.2, 0.25) is 0 Å². The smallest absolute Gasteiger partial charge is 0.156 e. The Hall–Kier alpha value is -1.87. The summed E-state index contributed by atoms with van der Waals surface area (Å²) in [4.78, 5) is 4.20. The Morgan fingerprint density at radius 2 is 1.95 bits per heavy atom. The van der Waals surface area contributed by atoms with Gasteiger partial charge in [-0.1, -0.05) is 38.1 Å². The fourth-order valence-corrected chi connectivity index (χ4v) is 2.95. The molecule has 3 nitrogen and oxygen atoms in total. The van der Waals surface area contributed by atoms with Crippen LogP contribution < -0.4 is 5.32 Å². The van der Waals surface area contributed by atoms with Gasteiger partial charge < -0.3 is 10.1 Å². The summed E-state index contributed by atoms with van der Waals surface area (Å²) in [5, 5.41) is 3.47. The maximum absolute atomic E-state index is 6.43. The molecule has 1 aromatic carbocycles. The van der Waals surface area contributed by atoms with Gasteiger partial charge in [-0.2, -0.15) is 0 Å². The van der Waals surface area contributed by atoms with Gasteiger partial charge in [0.1, 0.15) is 0 Å². The van der Waals surface area contributed by atoms with E-state index in [1.54, 1.807) is 6.20 Å². The lowest BCUT2D eigenvalue weighted by Gasteiger charge is -2.42. The number of para-hydroxylation sites is 1. The lowest BCUT2D eigenvalue weighted by molar-refractivity contribution is -0.104. The molecule has 3 rings (SSSR count). The first-order valence-electron chi connectivity index (χ1n) is 7.23. The summed E-state index contributed by atoms with van der Waals surface area (Å²) in [6.07, 6.45) is 5.42. The van der Waals surface area contributed by atoms with Gasteiger partial charge in [0.05, 0.1) is 5.60 Å². The minimum absolute atomic E-state index is 0.140. The van der Waals surface area contributed by atoms with Crippen LogP contribution in [-0.2, 0) is 10.3 Å². The summed E-state index contributed by atoms with van der Waals surface area (Å²) in [5.41, 5.74) is 3.26. The van der Waals surface area contributed by atoms with E-state index in [-0.39, 0.29) is 11.8 Å². The highest BCUT2D eigenvalue weighted by Gasteiger charge is 2.38. The summed E-state index contributed by atoms with van der Waals surface area (Å²) in [6, 6.07) is 12.4. The Morgan fingerprint density at radius 1 is 1.15 bits per heavy atom. The van der Waals surface area contributed by atoms with E-state index in [0.717, 1.165) is 24.1 Å². The van der Waals surface area contributed by atoms with Crippen molar-refractivity contribution in [3.63, 3.8) is 0 Å². The maximum atomic E-state index is 6.43. The predicted molar refractivity (Wildman–Crippen MR) is 80.4 cm³/mol. The number of hydrogen-bond acceptors (Lipinski definition) is 3. The Balaban J connectivity index is 2.05. The third-order valence-electron chi connectivity index (χ3n) is 4.18. The first kappa shape index (κ1) is 13.1. The molecule has 0 fully saturated rings. The van der Waals surface area contributed by atoms with Crippen molar-refractivity contribution in [3.05, 3.63) is 59.9 Å². The van der Waals surface area contributed by atoms with Crippen LogP contribution in [0.15, 0.2) is 48.8 Å². The molecule has 0 saturated heterocycles. The van der Waals surface area contributed by atoms with Gasteiger partial charge >= 0.3 is 0 Å². The second-order valence-electron chi connectivity index (χ2n) is 5.18. The van der Waals surface area contributed by atoms with Crippen molar-refractivity contribution in [2.75, 3.05) is 5.32 Å². The molecule has 2 aromatic rings. The molecule has 0 bridgehead atoms. The lowest BCUT2D eigenvalue weighted by Crippen LogP contribution is -2.37. The zero-order valence-electron chi connectivity index (χ0n) is 12.0. The largest absolute Gasteiger partial charge is 0.356 e. The SMILES string of the molecule is CCC1(CC)O[C@H](c2cccnc2)Nc2ccccc21. The molecular weight excluding hydrogens is 248 g/mol. The molecule has 0 saturated carbocycles. The normalized spacial score (nSPS) is 20.0. The van der Waals surface area contributed by atoms with Gasteiger partial charge in [-0.25, -0.2) is 0 Å². The summed E-state index contributed by atoms with van der Waals surface area (Å²) in [5.74, 6) is 0. The van der Waals surface area contributed by atoms with Crippen LogP contribution in [-0.4, -0.2) is 4.98 Å². The van der Waals surface area contributed by atoms with Crippen LogP contribution in [0.1, 0.15) is 44.0 Å². The summed E-state index contributed by atoms with van der Waals surface area (Å²) in [6.45, 7) is 4.37. The number of rotatable bonds is 3. The molecule has 1 aliphatic heterocycles. The number of ether oxygens (including phenoxy) is 1. The van der Waals surface area contributed by atoms with E-state index in [1.807, 2.05) is 12.3 Å². The number of anilines is 1. The number of nitrogens with zero attached hydrogens (tertiary/aromatic N) is 1. The molecule has 2 heterocycles. The lowest BCUT2D eigenvalue weighted by atomic mass is 9.85. The van der Waals surface area contributed by atoms with Gasteiger partial charge in [-0.05, 0) is 25.0 Å². The molecule has 0 unspecified atom stereocenters. The fraction of sp³-hybridized carbons (Fsp3) is 0.353. The minimum Gasteiger partial charge on any atom is -0.356 e. The molecule has 1 N–H and O–H groups in total. The summed E-state index contributed by atoms with van der Waals surface area (Å²) in [7, 11) is 0. The fourth-order valence-electron chi connectivity index (χ4n) is 2.95. The van der Waals surface area contributed by atoms with Gasteiger partial charge in [0.15, 0.2) is 6.23 Å². The van der Waals surface area contributed by atoms with E-state index in [0.29, 0.717) is 0 Å². The Morgan fingerprint density at radius 3 is 2.65 bits per heavy atom. The summed E-state index contributed by atoms with van der Waals surface area (Å²) >= 11 is 0. The monoisotopic (exact) mass is 268 g/mol. The number of nitrogens with one attached hydrogen (secondary N) is 1. The summed E-state index contributed by atoms with van der Waals surface area (Å²) < 4.78 is 6.43. The molecule has 1 aromatic heterocycles. The van der Waals surface area contributed by atoms with Gasteiger partial charge in [0.25, 0.3) is 0 Å². The number of fused-ring (bicyclic) bond motifs is 1. The van der Waals surface area contributed by atoms with E-state index in [4.69, 9.17) is 4.74 Å². The molecule has 0 aliphatic carbocycles. The zero-order valence-corrected chi connectivity index (χ0v) is 12.0. The van der Waals surface area contributed by atoms with Crippen LogP contribution in [0.2, 0.25) is 0 Å². The highest BCUT2D eigenvalue weighted by atomic mass is 16.5. The highest BCUT2D eigenvalue weighted by Crippen LogP contribution is 2.45. The second kappa shape index (κ2) is 5.25. The van der Waals surface area contributed by atoms with Gasteiger partial charge in [-0.15, -0.1) is 0 Å². The van der Waals surface area contributed by atoms with Gasteiger partial charge in [-0.3, -0.25) is 4.98 Å². The third-order valence-corrected chi connectivity index (χ3v) is 4.18. The number of benzene rings is 1. The second-order valence-corrected chi connectivity index (χ2v) is 5.18. The maximum Gasteiger partial charge on any atom is 0.156 e. The standard InChI is InChI=1S/C17H20N2O/c1-3-17(4-2)14-9-5-6-10-15(14)19-16(20-17)13-8-7-11-18-12-13/h5-12,16,19H,3-4H2,1-2H3/t16-/m1/s1. The third kappa shape index (κ3) is 2.08. The number of hydrogen-bond donors (Lipinski definition) is 1.